The number of ether oxygens (including phenoxy) is 1. The molecule has 3 rings (SSSR count). The summed E-state index contributed by atoms with van der Waals surface area (Å²) in [7, 11) is 1.66. The number of para-hydroxylation sites is 1. The molecule has 100 valence electrons. The van der Waals surface area contributed by atoms with E-state index >= 15 is 0 Å². The van der Waals surface area contributed by atoms with Gasteiger partial charge >= 0.3 is 0 Å². The van der Waals surface area contributed by atoms with E-state index in [1.54, 1.807) is 7.11 Å². The molecule has 0 saturated carbocycles. The van der Waals surface area contributed by atoms with Crippen molar-refractivity contribution in [1.82, 2.24) is 9.55 Å². The first kappa shape index (κ1) is 12.5. The van der Waals surface area contributed by atoms with E-state index in [1.807, 2.05) is 24.3 Å². The molecule has 1 aromatic heterocycles. The number of rotatable bonds is 2. The number of benzene rings is 1. The van der Waals surface area contributed by atoms with Gasteiger partial charge in [-0.2, -0.15) is 0 Å². The molecule has 1 aromatic carbocycles. The van der Waals surface area contributed by atoms with Crippen molar-refractivity contribution in [1.29, 1.82) is 0 Å². The lowest BCUT2D eigenvalue weighted by molar-refractivity contribution is 0.415. The highest BCUT2D eigenvalue weighted by Gasteiger charge is 2.24. The third kappa shape index (κ3) is 2.11. The maximum absolute atomic E-state index is 6.25. The van der Waals surface area contributed by atoms with Crippen molar-refractivity contribution in [2.24, 2.45) is 5.73 Å². The number of nitrogens with zero attached hydrogens (tertiary/aromatic N) is 2. The van der Waals surface area contributed by atoms with E-state index in [0.717, 1.165) is 42.2 Å². The highest BCUT2D eigenvalue weighted by molar-refractivity contribution is 6.30. The van der Waals surface area contributed by atoms with E-state index in [2.05, 4.69) is 9.55 Å². The fourth-order valence-corrected chi connectivity index (χ4v) is 2.83. The number of hydrogen-bond acceptors (Lipinski definition) is 3. The van der Waals surface area contributed by atoms with Gasteiger partial charge in [0.2, 0.25) is 0 Å². The number of halogens is 1. The lowest BCUT2D eigenvalue weighted by atomic mass is 10.1. The van der Waals surface area contributed by atoms with E-state index in [4.69, 9.17) is 22.1 Å². The van der Waals surface area contributed by atoms with Gasteiger partial charge in [-0.25, -0.2) is 4.98 Å². The number of fused-ring (bicyclic) bond motifs is 1. The predicted molar refractivity (Wildman–Crippen MR) is 75.5 cm³/mol. The Kier molecular flexibility index (Phi) is 3.21. The molecular weight excluding hydrogens is 262 g/mol. The van der Waals surface area contributed by atoms with Crippen LogP contribution in [0.2, 0.25) is 5.15 Å². The number of imidazole rings is 1. The van der Waals surface area contributed by atoms with E-state index < -0.39 is 0 Å². The zero-order valence-corrected chi connectivity index (χ0v) is 11.5. The quantitative estimate of drug-likeness (QED) is 0.917. The van der Waals surface area contributed by atoms with Crippen molar-refractivity contribution in [3.05, 3.63) is 35.1 Å². The summed E-state index contributed by atoms with van der Waals surface area (Å²) in [6, 6.07) is 8.02. The molecule has 2 N–H and O–H groups in total. The first-order valence-electron chi connectivity index (χ1n) is 6.34. The molecule has 0 fully saturated rings. The van der Waals surface area contributed by atoms with Crippen LogP contribution in [-0.2, 0) is 13.0 Å². The van der Waals surface area contributed by atoms with E-state index in [9.17, 15) is 0 Å². The van der Waals surface area contributed by atoms with Crippen LogP contribution in [0, 0.1) is 0 Å². The number of hydrogen-bond donors (Lipinski definition) is 1. The standard InChI is InChI=1S/C14H16ClN3O/c1-19-12-5-3-2-4-10(12)14-17-13(15)11-8-9(16)6-7-18(11)14/h2-5,9H,6-8,16H2,1H3. The monoisotopic (exact) mass is 277 g/mol. The van der Waals surface area contributed by atoms with Crippen molar-refractivity contribution in [2.45, 2.75) is 25.4 Å². The summed E-state index contributed by atoms with van der Waals surface area (Å²) in [4.78, 5) is 4.50. The molecule has 1 unspecified atom stereocenters. The largest absolute Gasteiger partial charge is 0.496 e. The number of nitrogens with two attached hydrogens (primary N) is 1. The summed E-state index contributed by atoms with van der Waals surface area (Å²) in [5.41, 5.74) is 7.99. The van der Waals surface area contributed by atoms with E-state index in [-0.39, 0.29) is 6.04 Å². The lowest BCUT2D eigenvalue weighted by Gasteiger charge is -2.22. The minimum absolute atomic E-state index is 0.173. The van der Waals surface area contributed by atoms with Crippen LogP contribution in [0.5, 0.6) is 5.75 Å². The average Bonchev–Trinajstić information content (AvgIpc) is 2.75. The van der Waals surface area contributed by atoms with Crippen molar-refractivity contribution in [2.75, 3.05) is 7.11 Å². The van der Waals surface area contributed by atoms with Gasteiger partial charge in [-0.1, -0.05) is 23.7 Å². The lowest BCUT2D eigenvalue weighted by Crippen LogP contribution is -2.30. The van der Waals surface area contributed by atoms with Crippen LogP contribution in [0.25, 0.3) is 11.4 Å². The SMILES string of the molecule is COc1ccccc1-c1nc(Cl)c2n1CCC(N)C2. The third-order valence-electron chi connectivity index (χ3n) is 3.55. The summed E-state index contributed by atoms with van der Waals surface area (Å²) >= 11 is 6.25. The highest BCUT2D eigenvalue weighted by Crippen LogP contribution is 2.34. The molecule has 1 aliphatic rings. The molecule has 0 bridgehead atoms. The highest BCUT2D eigenvalue weighted by atomic mass is 35.5. The molecule has 0 amide bonds. The molecule has 0 radical (unpaired) electrons. The zero-order valence-electron chi connectivity index (χ0n) is 10.8. The summed E-state index contributed by atoms with van der Waals surface area (Å²) < 4.78 is 7.56. The smallest absolute Gasteiger partial charge is 0.151 e. The summed E-state index contributed by atoms with van der Waals surface area (Å²) in [5, 5.41) is 0.552. The topological polar surface area (TPSA) is 53.1 Å². The second-order valence-corrected chi connectivity index (χ2v) is 5.14. The Bertz CT molecular complexity index is 609. The summed E-state index contributed by atoms with van der Waals surface area (Å²) in [6.45, 7) is 0.851. The molecule has 1 atom stereocenters. The average molecular weight is 278 g/mol. The molecule has 0 saturated heterocycles. The van der Waals surface area contributed by atoms with Gasteiger partial charge in [-0.3, -0.25) is 0 Å². The van der Waals surface area contributed by atoms with Crippen molar-refractivity contribution in [3.8, 4) is 17.1 Å². The van der Waals surface area contributed by atoms with Gasteiger partial charge in [-0.05, 0) is 18.6 Å². The first-order chi connectivity index (χ1) is 9.20. The molecule has 1 aliphatic heterocycles. The fourth-order valence-electron chi connectivity index (χ4n) is 2.57. The Morgan fingerprint density at radius 3 is 3.00 bits per heavy atom. The van der Waals surface area contributed by atoms with Crippen LogP contribution < -0.4 is 10.5 Å². The first-order valence-corrected chi connectivity index (χ1v) is 6.72. The minimum atomic E-state index is 0.173. The maximum Gasteiger partial charge on any atom is 0.151 e. The van der Waals surface area contributed by atoms with Crippen molar-refractivity contribution in [3.63, 3.8) is 0 Å². The molecule has 0 aliphatic carbocycles. The fraction of sp³-hybridized carbons (Fsp3) is 0.357. The van der Waals surface area contributed by atoms with E-state index in [1.165, 1.54) is 0 Å². The molecule has 2 aromatic rings. The van der Waals surface area contributed by atoms with Gasteiger partial charge in [0.05, 0.1) is 18.4 Å². The Morgan fingerprint density at radius 1 is 1.42 bits per heavy atom. The molecule has 4 nitrogen and oxygen atoms in total. The van der Waals surface area contributed by atoms with E-state index in [0.29, 0.717) is 5.15 Å². The van der Waals surface area contributed by atoms with Gasteiger partial charge in [-0.15, -0.1) is 0 Å². The predicted octanol–water partition coefficient (Wildman–Crippen LogP) is 2.49. The van der Waals surface area contributed by atoms with Crippen molar-refractivity contribution >= 4 is 11.6 Å². The molecule has 19 heavy (non-hydrogen) atoms. The van der Waals surface area contributed by atoms with Gasteiger partial charge in [0.15, 0.2) is 5.15 Å². The second kappa shape index (κ2) is 4.87. The second-order valence-electron chi connectivity index (χ2n) is 4.78. The Balaban J connectivity index is 2.14. The van der Waals surface area contributed by atoms with Gasteiger partial charge in [0.1, 0.15) is 11.6 Å². The van der Waals surface area contributed by atoms with Gasteiger partial charge < -0.3 is 15.0 Å². The zero-order chi connectivity index (χ0) is 13.4. The molecule has 0 spiro atoms. The maximum atomic E-state index is 6.25. The molecule has 5 heteroatoms. The normalized spacial score (nSPS) is 18.2. The van der Waals surface area contributed by atoms with Crippen LogP contribution in [0.1, 0.15) is 12.1 Å². The van der Waals surface area contributed by atoms with Crippen LogP contribution in [-0.4, -0.2) is 22.7 Å². The molecular formula is C14H16ClN3O. The summed E-state index contributed by atoms with van der Waals surface area (Å²) in [5.74, 6) is 1.67. The van der Waals surface area contributed by atoms with Crippen LogP contribution in [0.4, 0.5) is 0 Å². The number of methoxy groups -OCH3 is 1. The van der Waals surface area contributed by atoms with Gasteiger partial charge in [0, 0.05) is 19.0 Å². The Labute approximate surface area is 117 Å². The number of aromatic nitrogens is 2. The van der Waals surface area contributed by atoms with Crippen LogP contribution in [0.3, 0.4) is 0 Å². The Morgan fingerprint density at radius 2 is 2.21 bits per heavy atom. The third-order valence-corrected chi connectivity index (χ3v) is 3.85. The van der Waals surface area contributed by atoms with Crippen LogP contribution >= 0.6 is 11.6 Å². The van der Waals surface area contributed by atoms with Crippen LogP contribution in [0.15, 0.2) is 24.3 Å². The van der Waals surface area contributed by atoms with Crippen molar-refractivity contribution < 1.29 is 4.74 Å². The minimum Gasteiger partial charge on any atom is -0.496 e. The Hall–Kier alpha value is -1.52. The summed E-state index contributed by atoms with van der Waals surface area (Å²) in [6.07, 6.45) is 1.73. The van der Waals surface area contributed by atoms with Gasteiger partial charge in [0.25, 0.3) is 0 Å². The molecule has 2 heterocycles.